The lowest BCUT2D eigenvalue weighted by Crippen LogP contribution is -2.26. The van der Waals surface area contributed by atoms with Gasteiger partial charge in [0.15, 0.2) is 11.6 Å². The Balaban J connectivity index is 2.10. The van der Waals surface area contributed by atoms with Crippen molar-refractivity contribution in [1.82, 2.24) is 14.9 Å². The molecule has 1 heterocycles. The fourth-order valence-corrected chi connectivity index (χ4v) is 1.82. The largest absolute Gasteiger partial charge is 0.345 e. The van der Waals surface area contributed by atoms with E-state index >= 15 is 0 Å². The lowest BCUT2D eigenvalue weighted by atomic mass is 10.1. The molecule has 7 heteroatoms. The van der Waals surface area contributed by atoms with Crippen LogP contribution in [0.1, 0.15) is 28.2 Å². The molecule has 0 fully saturated rings. The summed E-state index contributed by atoms with van der Waals surface area (Å²) >= 11 is 0.967. The summed E-state index contributed by atoms with van der Waals surface area (Å²) in [6.07, 6.45) is 1.35. The highest BCUT2D eigenvalue weighted by Crippen LogP contribution is 2.16. The maximum Gasteiger partial charge on any atom is 0.265 e. The number of amides is 1. The molecule has 1 aromatic heterocycles. The van der Waals surface area contributed by atoms with Crippen LogP contribution in [-0.4, -0.2) is 15.5 Å². The molecule has 4 nitrogen and oxygen atoms in total. The molecule has 2 aromatic rings. The van der Waals surface area contributed by atoms with Crippen LogP contribution < -0.4 is 5.32 Å². The van der Waals surface area contributed by atoms with Crippen molar-refractivity contribution in [2.24, 2.45) is 0 Å². The highest BCUT2D eigenvalue weighted by atomic mass is 32.1. The number of carbonyl (C=O) groups is 1. The van der Waals surface area contributed by atoms with Gasteiger partial charge >= 0.3 is 0 Å². The number of nitrogens with one attached hydrogen (secondary N) is 1. The predicted molar refractivity (Wildman–Crippen MR) is 62.1 cm³/mol. The molecule has 1 atom stereocenters. The first-order valence-electron chi connectivity index (χ1n) is 5.11. The standard InChI is InChI=1S/C11H9F2N3OS/c1-6(7-2-3-8(12)9(13)4-7)15-11(17)10-5-14-16-18-10/h2-6H,1H3,(H,15,17)/t6-/m1/s1. The van der Waals surface area contributed by atoms with Gasteiger partial charge < -0.3 is 5.32 Å². The smallest absolute Gasteiger partial charge is 0.265 e. The van der Waals surface area contributed by atoms with Crippen molar-refractivity contribution in [2.75, 3.05) is 0 Å². The molecule has 0 unspecified atom stereocenters. The highest BCUT2D eigenvalue weighted by Gasteiger charge is 2.14. The minimum Gasteiger partial charge on any atom is -0.345 e. The number of hydrogen-bond donors (Lipinski definition) is 1. The van der Waals surface area contributed by atoms with E-state index in [9.17, 15) is 13.6 Å². The van der Waals surface area contributed by atoms with Gasteiger partial charge in [0.05, 0.1) is 12.2 Å². The van der Waals surface area contributed by atoms with Crippen LogP contribution in [0.15, 0.2) is 24.4 Å². The molecule has 18 heavy (non-hydrogen) atoms. The summed E-state index contributed by atoms with van der Waals surface area (Å²) in [7, 11) is 0. The van der Waals surface area contributed by atoms with Crippen molar-refractivity contribution >= 4 is 17.4 Å². The maximum absolute atomic E-state index is 13.0. The van der Waals surface area contributed by atoms with E-state index in [-0.39, 0.29) is 5.91 Å². The number of nitrogens with zero attached hydrogens (tertiary/aromatic N) is 2. The third-order valence-electron chi connectivity index (χ3n) is 2.38. The highest BCUT2D eigenvalue weighted by molar-refractivity contribution is 7.07. The van der Waals surface area contributed by atoms with Crippen molar-refractivity contribution in [2.45, 2.75) is 13.0 Å². The Morgan fingerprint density at radius 3 is 2.78 bits per heavy atom. The minimum atomic E-state index is -0.937. The van der Waals surface area contributed by atoms with Gasteiger partial charge in [-0.1, -0.05) is 10.6 Å². The summed E-state index contributed by atoms with van der Waals surface area (Å²) in [5.41, 5.74) is 0.486. The zero-order valence-electron chi connectivity index (χ0n) is 9.35. The number of aromatic nitrogens is 2. The summed E-state index contributed by atoms with van der Waals surface area (Å²) < 4.78 is 29.4. The first kappa shape index (κ1) is 12.6. The quantitative estimate of drug-likeness (QED) is 0.930. The van der Waals surface area contributed by atoms with Crippen LogP contribution in [0, 0.1) is 11.6 Å². The number of halogens is 2. The van der Waals surface area contributed by atoms with E-state index in [1.165, 1.54) is 12.3 Å². The minimum absolute atomic E-state index is 0.345. The molecule has 0 radical (unpaired) electrons. The molecule has 0 aliphatic rings. The van der Waals surface area contributed by atoms with E-state index in [1.807, 2.05) is 0 Å². The van der Waals surface area contributed by atoms with Crippen LogP contribution in [0.5, 0.6) is 0 Å². The van der Waals surface area contributed by atoms with Crippen LogP contribution in [0.2, 0.25) is 0 Å². The Bertz CT molecular complexity index is 559. The van der Waals surface area contributed by atoms with Crippen molar-refractivity contribution in [3.63, 3.8) is 0 Å². The van der Waals surface area contributed by atoms with Crippen LogP contribution in [0.4, 0.5) is 8.78 Å². The van der Waals surface area contributed by atoms with Crippen molar-refractivity contribution in [3.05, 3.63) is 46.5 Å². The van der Waals surface area contributed by atoms with Crippen LogP contribution in [0.25, 0.3) is 0 Å². The molecular weight excluding hydrogens is 260 g/mol. The molecular formula is C11H9F2N3OS. The van der Waals surface area contributed by atoms with E-state index in [0.717, 1.165) is 23.7 Å². The summed E-state index contributed by atoms with van der Waals surface area (Å²) in [6.45, 7) is 1.68. The van der Waals surface area contributed by atoms with Gasteiger partial charge in [0.1, 0.15) is 4.88 Å². The van der Waals surface area contributed by atoms with Crippen LogP contribution in [0.3, 0.4) is 0 Å². The molecule has 1 N–H and O–H groups in total. The van der Waals surface area contributed by atoms with E-state index in [4.69, 9.17) is 0 Å². The number of rotatable bonds is 3. The molecule has 1 amide bonds. The molecule has 0 saturated heterocycles. The van der Waals surface area contributed by atoms with Gasteiger partial charge in [0.25, 0.3) is 5.91 Å². The average molecular weight is 269 g/mol. The van der Waals surface area contributed by atoms with Crippen molar-refractivity contribution < 1.29 is 13.6 Å². The summed E-state index contributed by atoms with van der Waals surface area (Å²) in [5.74, 6) is -2.20. The second-order valence-corrected chi connectivity index (χ2v) is 4.44. The fraction of sp³-hybridized carbons (Fsp3) is 0.182. The van der Waals surface area contributed by atoms with Gasteiger partial charge in [-0.2, -0.15) is 0 Å². The van der Waals surface area contributed by atoms with Crippen molar-refractivity contribution in [1.29, 1.82) is 0 Å². The normalized spacial score (nSPS) is 12.2. The van der Waals surface area contributed by atoms with Gasteiger partial charge in [-0.05, 0) is 36.2 Å². The molecule has 0 saturated carbocycles. The summed E-state index contributed by atoms with van der Waals surface area (Å²) in [4.78, 5) is 12.1. The first-order valence-corrected chi connectivity index (χ1v) is 5.88. The zero-order chi connectivity index (χ0) is 13.1. The molecule has 1 aromatic carbocycles. The Morgan fingerprint density at radius 2 is 2.17 bits per heavy atom. The van der Waals surface area contributed by atoms with E-state index < -0.39 is 17.7 Å². The average Bonchev–Trinajstić information content (AvgIpc) is 2.86. The summed E-state index contributed by atoms with van der Waals surface area (Å²) in [5, 5.41) is 6.19. The van der Waals surface area contributed by atoms with Gasteiger partial charge in [-0.25, -0.2) is 8.78 Å². The molecule has 0 aliphatic heterocycles. The molecule has 2 rings (SSSR count). The SMILES string of the molecule is C[C@@H](NC(=O)c1cnns1)c1ccc(F)c(F)c1. The Kier molecular flexibility index (Phi) is 3.61. The first-order chi connectivity index (χ1) is 8.58. The molecule has 0 bridgehead atoms. The monoisotopic (exact) mass is 269 g/mol. The lowest BCUT2D eigenvalue weighted by molar-refractivity contribution is 0.0943. The third-order valence-corrected chi connectivity index (χ3v) is 3.04. The molecule has 94 valence electrons. The van der Waals surface area contributed by atoms with Gasteiger partial charge in [-0.3, -0.25) is 4.79 Å². The zero-order valence-corrected chi connectivity index (χ0v) is 10.2. The Labute approximate surface area is 106 Å². The summed E-state index contributed by atoms with van der Waals surface area (Å²) in [6, 6.07) is 3.08. The number of benzene rings is 1. The molecule has 0 spiro atoms. The van der Waals surface area contributed by atoms with Crippen molar-refractivity contribution in [3.8, 4) is 0 Å². The predicted octanol–water partition coefficient (Wildman–Crippen LogP) is 2.31. The maximum atomic E-state index is 13.0. The third kappa shape index (κ3) is 2.67. The van der Waals surface area contributed by atoms with E-state index in [0.29, 0.717) is 10.4 Å². The number of hydrogen-bond acceptors (Lipinski definition) is 4. The van der Waals surface area contributed by atoms with E-state index in [1.54, 1.807) is 6.92 Å². The van der Waals surface area contributed by atoms with Gasteiger partial charge in [0.2, 0.25) is 0 Å². The fourth-order valence-electron chi connectivity index (χ4n) is 1.40. The molecule has 0 aliphatic carbocycles. The Hall–Kier alpha value is -1.89. The second-order valence-electron chi connectivity index (χ2n) is 3.65. The van der Waals surface area contributed by atoms with Crippen LogP contribution in [-0.2, 0) is 0 Å². The van der Waals surface area contributed by atoms with E-state index in [2.05, 4.69) is 14.9 Å². The van der Waals surface area contributed by atoms with Crippen LogP contribution >= 0.6 is 11.5 Å². The number of carbonyl (C=O) groups excluding carboxylic acids is 1. The Morgan fingerprint density at radius 1 is 1.39 bits per heavy atom. The van der Waals surface area contributed by atoms with Gasteiger partial charge in [0, 0.05) is 0 Å². The van der Waals surface area contributed by atoms with Gasteiger partial charge in [-0.15, -0.1) is 5.10 Å². The topological polar surface area (TPSA) is 54.9 Å². The lowest BCUT2D eigenvalue weighted by Gasteiger charge is -2.13. The second kappa shape index (κ2) is 5.18.